The van der Waals surface area contributed by atoms with Gasteiger partial charge in [0.2, 0.25) is 5.91 Å². The van der Waals surface area contributed by atoms with Crippen LogP contribution in [-0.2, 0) is 18.4 Å². The van der Waals surface area contributed by atoms with Crippen molar-refractivity contribution in [1.29, 1.82) is 0 Å². The third-order valence-electron chi connectivity index (χ3n) is 9.92. The smallest absolute Gasteiger partial charge is 0.393 e. The summed E-state index contributed by atoms with van der Waals surface area (Å²) in [6.07, 6.45) is 38.6. The molecule has 0 saturated heterocycles. The first-order valence-corrected chi connectivity index (χ1v) is 23.4. The first-order valence-electron chi connectivity index (χ1n) is 21.9. The van der Waals surface area contributed by atoms with Gasteiger partial charge < -0.3 is 26.2 Å². The lowest BCUT2D eigenvalue weighted by molar-refractivity contribution is -0.124. The average molecular weight is 761 g/mol. The van der Waals surface area contributed by atoms with Crippen LogP contribution in [0.4, 0.5) is 0 Å². The quantitative estimate of drug-likeness (QED) is 0.0235. The molecule has 0 bridgehead atoms. The Labute approximate surface area is 320 Å². The van der Waals surface area contributed by atoms with Crippen LogP contribution in [0.2, 0.25) is 0 Å². The topological polar surface area (TPSA) is 151 Å². The van der Waals surface area contributed by atoms with E-state index in [0.29, 0.717) is 6.42 Å². The number of aliphatic hydroxyl groups is 2. The summed E-state index contributed by atoms with van der Waals surface area (Å²) in [4.78, 5) is 22.7. The maximum absolute atomic E-state index is 12.8. The zero-order valence-electron chi connectivity index (χ0n) is 33.9. The van der Waals surface area contributed by atoms with E-state index in [-0.39, 0.29) is 19.6 Å². The molecule has 10 heteroatoms. The average Bonchev–Trinajstić information content (AvgIpc) is 3.12. The highest BCUT2D eigenvalue weighted by atomic mass is 31.2. The molecule has 0 saturated carbocycles. The fourth-order valence-electron chi connectivity index (χ4n) is 6.59. The summed E-state index contributed by atoms with van der Waals surface area (Å²) in [6, 6.07) is -0.977. The maximum atomic E-state index is 12.8. The molecule has 0 heterocycles. The first kappa shape index (κ1) is 51.2. The number of phosphoric ester groups is 1. The fourth-order valence-corrected chi connectivity index (χ4v) is 7.35. The lowest BCUT2D eigenvalue weighted by Gasteiger charge is -2.24. The highest BCUT2D eigenvalue weighted by Crippen LogP contribution is 2.43. The van der Waals surface area contributed by atoms with Crippen molar-refractivity contribution in [2.24, 2.45) is 5.73 Å². The van der Waals surface area contributed by atoms with Crippen molar-refractivity contribution >= 4 is 13.7 Å². The molecule has 1 amide bonds. The molecule has 310 valence electrons. The molecular formula is C42H85N2O7P. The van der Waals surface area contributed by atoms with E-state index in [0.717, 1.165) is 38.5 Å². The number of phosphoric acid groups is 1. The Balaban J connectivity index is 4.31. The number of amides is 1. The molecule has 4 atom stereocenters. The second kappa shape index (κ2) is 38.5. The van der Waals surface area contributed by atoms with Crippen LogP contribution in [0.25, 0.3) is 0 Å². The van der Waals surface area contributed by atoms with Crippen molar-refractivity contribution in [2.45, 2.75) is 231 Å². The van der Waals surface area contributed by atoms with Crippen molar-refractivity contribution in [3.63, 3.8) is 0 Å². The molecule has 0 aliphatic rings. The van der Waals surface area contributed by atoms with E-state index in [1.54, 1.807) is 6.08 Å². The van der Waals surface area contributed by atoms with E-state index >= 15 is 0 Å². The minimum Gasteiger partial charge on any atom is -0.393 e. The Morgan fingerprint density at radius 3 is 1.48 bits per heavy atom. The number of hydrogen-bond donors (Lipinski definition) is 5. The van der Waals surface area contributed by atoms with Crippen molar-refractivity contribution in [3.8, 4) is 0 Å². The normalized spacial score (nSPS) is 14.8. The van der Waals surface area contributed by atoms with E-state index < -0.39 is 38.6 Å². The fraction of sp³-hybridized carbons (Fsp3) is 0.929. The second-order valence-electron chi connectivity index (χ2n) is 15.1. The molecule has 0 spiro atoms. The Bertz CT molecular complexity index is 847. The van der Waals surface area contributed by atoms with Gasteiger partial charge in [-0.25, -0.2) is 4.57 Å². The molecule has 0 aromatic rings. The zero-order chi connectivity index (χ0) is 38.4. The molecule has 4 unspecified atom stereocenters. The van der Waals surface area contributed by atoms with E-state index in [1.807, 2.05) is 6.08 Å². The minimum atomic E-state index is -4.39. The van der Waals surface area contributed by atoms with Crippen LogP contribution in [0, 0.1) is 0 Å². The number of allylic oxidation sites excluding steroid dienone is 1. The van der Waals surface area contributed by atoms with Gasteiger partial charge in [0.25, 0.3) is 0 Å². The van der Waals surface area contributed by atoms with Gasteiger partial charge in [0.05, 0.1) is 37.9 Å². The number of aliphatic hydroxyl groups excluding tert-OH is 2. The molecule has 0 aromatic heterocycles. The SMILES string of the molecule is CCCCCCCCCCCCCCC/C=C/C(O)C(COP(=O)(O)OCCN)NC(=O)CC(O)CCCCCCCCCCCCCCCCC. The lowest BCUT2D eigenvalue weighted by Crippen LogP contribution is -2.46. The molecule has 0 fully saturated rings. The molecule has 0 radical (unpaired) electrons. The summed E-state index contributed by atoms with van der Waals surface area (Å²) < 4.78 is 22.1. The van der Waals surface area contributed by atoms with E-state index in [2.05, 4.69) is 19.2 Å². The van der Waals surface area contributed by atoms with E-state index in [9.17, 15) is 24.5 Å². The summed E-state index contributed by atoms with van der Waals surface area (Å²) in [5.41, 5.74) is 5.36. The zero-order valence-corrected chi connectivity index (χ0v) is 34.8. The van der Waals surface area contributed by atoms with Crippen LogP contribution in [-0.4, -0.2) is 59.0 Å². The van der Waals surface area contributed by atoms with Gasteiger partial charge in [0.1, 0.15) is 0 Å². The van der Waals surface area contributed by atoms with Gasteiger partial charge in [0, 0.05) is 6.54 Å². The predicted molar refractivity (Wildman–Crippen MR) is 218 cm³/mol. The number of rotatable bonds is 41. The summed E-state index contributed by atoms with van der Waals surface area (Å²) in [7, 11) is -4.39. The van der Waals surface area contributed by atoms with Crippen LogP contribution in [0.1, 0.15) is 213 Å². The van der Waals surface area contributed by atoms with Gasteiger partial charge in [-0.15, -0.1) is 0 Å². The second-order valence-corrected chi connectivity index (χ2v) is 16.6. The summed E-state index contributed by atoms with van der Waals surface area (Å²) in [5.74, 6) is -0.443. The van der Waals surface area contributed by atoms with Crippen LogP contribution in [0.15, 0.2) is 12.2 Å². The summed E-state index contributed by atoms with van der Waals surface area (Å²) >= 11 is 0. The molecule has 0 rings (SSSR count). The number of hydrogen-bond acceptors (Lipinski definition) is 7. The predicted octanol–water partition coefficient (Wildman–Crippen LogP) is 11.0. The van der Waals surface area contributed by atoms with Gasteiger partial charge in [0.15, 0.2) is 0 Å². The number of nitrogens with one attached hydrogen (secondary N) is 1. The van der Waals surface area contributed by atoms with E-state index in [4.69, 9.17) is 14.8 Å². The first-order chi connectivity index (χ1) is 25.3. The molecule has 9 nitrogen and oxygen atoms in total. The minimum absolute atomic E-state index is 0.0515. The standard InChI is InChI=1S/C42H85N2O7P/c1-3-5-7-9-11-13-15-17-19-21-23-25-27-29-31-33-39(45)37-42(47)44-40(38-51-52(48,49)50-36-35-43)41(46)34-32-30-28-26-24-22-20-18-16-14-12-10-8-6-4-2/h32,34,39-41,45-46H,3-31,33,35-38,43H2,1-2H3,(H,44,47)(H,48,49)/b34-32+. The van der Waals surface area contributed by atoms with Crippen molar-refractivity contribution in [3.05, 3.63) is 12.2 Å². The molecule has 0 aliphatic heterocycles. The van der Waals surface area contributed by atoms with Crippen molar-refractivity contribution in [1.82, 2.24) is 5.32 Å². The number of unbranched alkanes of at least 4 members (excludes halogenated alkanes) is 27. The molecule has 52 heavy (non-hydrogen) atoms. The van der Waals surface area contributed by atoms with E-state index in [1.165, 1.54) is 148 Å². The van der Waals surface area contributed by atoms with Gasteiger partial charge in [-0.2, -0.15) is 0 Å². The van der Waals surface area contributed by atoms with Gasteiger partial charge in [-0.05, 0) is 19.3 Å². The van der Waals surface area contributed by atoms with Crippen LogP contribution in [0.5, 0.6) is 0 Å². The Morgan fingerprint density at radius 2 is 1.06 bits per heavy atom. The highest BCUT2D eigenvalue weighted by molar-refractivity contribution is 7.47. The molecule has 0 aliphatic carbocycles. The summed E-state index contributed by atoms with van der Waals surface area (Å²) in [5, 5.41) is 24.0. The largest absolute Gasteiger partial charge is 0.472 e. The summed E-state index contributed by atoms with van der Waals surface area (Å²) in [6.45, 7) is 3.99. The maximum Gasteiger partial charge on any atom is 0.472 e. The van der Waals surface area contributed by atoms with Crippen LogP contribution in [0.3, 0.4) is 0 Å². The number of carbonyl (C=O) groups excluding carboxylic acids is 1. The Kier molecular flexibility index (Phi) is 37.9. The third-order valence-corrected chi connectivity index (χ3v) is 10.9. The van der Waals surface area contributed by atoms with Crippen LogP contribution < -0.4 is 11.1 Å². The van der Waals surface area contributed by atoms with Gasteiger partial charge >= 0.3 is 7.82 Å². The molecule has 6 N–H and O–H groups in total. The number of carbonyl (C=O) groups is 1. The number of nitrogens with two attached hydrogens (primary N) is 1. The van der Waals surface area contributed by atoms with Gasteiger partial charge in [-0.1, -0.05) is 199 Å². The van der Waals surface area contributed by atoms with Crippen molar-refractivity contribution < 1.29 is 33.5 Å². The lowest BCUT2D eigenvalue weighted by atomic mass is 10.0. The van der Waals surface area contributed by atoms with Crippen LogP contribution >= 0.6 is 7.82 Å². The third kappa shape index (κ3) is 36.2. The Morgan fingerprint density at radius 1 is 0.654 bits per heavy atom. The van der Waals surface area contributed by atoms with Crippen molar-refractivity contribution in [2.75, 3.05) is 19.8 Å². The highest BCUT2D eigenvalue weighted by Gasteiger charge is 2.27. The van der Waals surface area contributed by atoms with Gasteiger partial charge in [-0.3, -0.25) is 13.8 Å². The monoisotopic (exact) mass is 761 g/mol. The molecular weight excluding hydrogens is 675 g/mol. The Hall–Kier alpha value is -0.800. The molecule has 0 aromatic carbocycles.